The number of rotatable bonds is 4. The summed E-state index contributed by atoms with van der Waals surface area (Å²) in [6.45, 7) is 2.65. The Hall–Kier alpha value is -3.87. The number of hydrogen-bond donors (Lipinski definition) is 0. The van der Waals surface area contributed by atoms with Gasteiger partial charge < -0.3 is 14.5 Å². The zero-order chi connectivity index (χ0) is 22.1. The van der Waals surface area contributed by atoms with Crippen LogP contribution in [-0.4, -0.2) is 41.9 Å². The fourth-order valence-electron chi connectivity index (χ4n) is 4.53. The largest absolute Gasteiger partial charge is 0.457 e. The molecule has 32 heavy (non-hydrogen) atoms. The second-order valence-corrected chi connectivity index (χ2v) is 8.08. The van der Waals surface area contributed by atoms with Crippen molar-refractivity contribution >= 4 is 17.3 Å². The molecule has 3 aromatic rings. The molecule has 0 atom stereocenters. The minimum Gasteiger partial charge on any atom is -0.457 e. The fraction of sp³-hybridized carbons (Fsp3) is 0.240. The predicted molar refractivity (Wildman–Crippen MR) is 121 cm³/mol. The lowest BCUT2D eigenvalue weighted by atomic mass is 9.85. The molecule has 0 saturated carbocycles. The zero-order valence-corrected chi connectivity index (χ0v) is 17.5. The molecule has 5 rings (SSSR count). The monoisotopic (exact) mass is 429 g/mol. The molecular weight excluding hydrogens is 406 g/mol. The van der Waals surface area contributed by atoms with Crippen LogP contribution in [-0.2, 0) is 4.79 Å². The van der Waals surface area contributed by atoms with Gasteiger partial charge in [-0.2, -0.15) is 0 Å². The zero-order valence-electron chi connectivity index (χ0n) is 17.5. The number of piperazine rings is 1. The molecule has 0 N–H and O–H groups in total. The molecule has 7 heteroatoms. The third-order valence-electron chi connectivity index (χ3n) is 6.25. The number of nitro groups is 1. The number of fused-ring (bicyclic) bond motifs is 2. The van der Waals surface area contributed by atoms with Crippen molar-refractivity contribution in [2.24, 2.45) is 0 Å². The van der Waals surface area contributed by atoms with Crippen LogP contribution in [0.15, 0.2) is 72.8 Å². The quantitative estimate of drug-likeness (QED) is 0.449. The number of non-ortho nitro benzene ring substituents is 1. The van der Waals surface area contributed by atoms with Gasteiger partial charge >= 0.3 is 0 Å². The highest BCUT2D eigenvalue weighted by Gasteiger charge is 2.31. The molecule has 2 aliphatic heterocycles. The van der Waals surface area contributed by atoms with Gasteiger partial charge in [0, 0.05) is 67.5 Å². The van der Waals surface area contributed by atoms with Crippen molar-refractivity contribution in [2.75, 3.05) is 31.1 Å². The third kappa shape index (κ3) is 3.77. The van der Waals surface area contributed by atoms with E-state index in [9.17, 15) is 14.9 Å². The highest BCUT2D eigenvalue weighted by Crippen LogP contribution is 2.45. The SMILES string of the molecule is O=C(CC1c2ccccc2Oc2ccccc21)N1CCN(c2ccc([N+](=O)[O-])cc2)CC1. The number of para-hydroxylation sites is 2. The maximum absolute atomic E-state index is 13.2. The predicted octanol–water partition coefficient (Wildman–Crippen LogP) is 4.57. The lowest BCUT2D eigenvalue weighted by Gasteiger charge is -2.37. The second-order valence-electron chi connectivity index (χ2n) is 8.08. The maximum atomic E-state index is 13.2. The minimum absolute atomic E-state index is 0.0312. The summed E-state index contributed by atoms with van der Waals surface area (Å²) in [5.41, 5.74) is 3.11. The molecule has 7 nitrogen and oxygen atoms in total. The van der Waals surface area contributed by atoms with E-state index in [0.717, 1.165) is 28.3 Å². The number of carbonyl (C=O) groups is 1. The first kappa shape index (κ1) is 20.1. The number of anilines is 1. The van der Waals surface area contributed by atoms with E-state index < -0.39 is 4.92 Å². The van der Waals surface area contributed by atoms with Crippen LogP contribution in [0.3, 0.4) is 0 Å². The lowest BCUT2D eigenvalue weighted by molar-refractivity contribution is -0.384. The number of nitro benzene ring substituents is 1. The molecule has 162 valence electrons. The molecule has 2 aliphatic rings. The van der Waals surface area contributed by atoms with Crippen molar-refractivity contribution in [3.8, 4) is 11.5 Å². The number of hydrogen-bond acceptors (Lipinski definition) is 5. The Morgan fingerprint density at radius 3 is 2.00 bits per heavy atom. The average Bonchev–Trinajstić information content (AvgIpc) is 2.84. The summed E-state index contributed by atoms with van der Waals surface area (Å²) >= 11 is 0. The van der Waals surface area contributed by atoms with Crippen LogP contribution >= 0.6 is 0 Å². The average molecular weight is 429 g/mol. The summed E-state index contributed by atoms with van der Waals surface area (Å²) in [6.07, 6.45) is 0.398. The Balaban J connectivity index is 1.27. The van der Waals surface area contributed by atoms with Crippen LogP contribution in [0.1, 0.15) is 23.5 Å². The normalized spacial score (nSPS) is 15.5. The third-order valence-corrected chi connectivity index (χ3v) is 6.25. The molecule has 1 fully saturated rings. The number of carbonyl (C=O) groups excluding carboxylic acids is 1. The Bertz CT molecular complexity index is 1110. The molecule has 0 unspecified atom stereocenters. The van der Waals surface area contributed by atoms with Crippen molar-refractivity contribution in [1.29, 1.82) is 0 Å². The van der Waals surface area contributed by atoms with Crippen LogP contribution in [0, 0.1) is 10.1 Å². The van der Waals surface area contributed by atoms with Crippen LogP contribution in [0.2, 0.25) is 0 Å². The molecule has 0 radical (unpaired) electrons. The summed E-state index contributed by atoms with van der Waals surface area (Å²) in [7, 11) is 0. The van der Waals surface area contributed by atoms with Gasteiger partial charge in [0.05, 0.1) is 4.92 Å². The van der Waals surface area contributed by atoms with Crippen LogP contribution in [0.25, 0.3) is 0 Å². The maximum Gasteiger partial charge on any atom is 0.269 e. The summed E-state index contributed by atoms with van der Waals surface area (Å²) in [6, 6.07) is 22.4. The molecule has 0 spiro atoms. The van der Waals surface area contributed by atoms with E-state index >= 15 is 0 Å². The standard InChI is InChI=1S/C25H23N3O4/c29-25(27-15-13-26(14-16-27)18-9-11-19(12-10-18)28(30)31)17-22-20-5-1-3-7-23(20)32-24-8-4-2-6-21(22)24/h1-12,22H,13-17H2. The molecule has 0 bridgehead atoms. The van der Waals surface area contributed by atoms with Crippen LogP contribution in [0.5, 0.6) is 11.5 Å². The van der Waals surface area contributed by atoms with Crippen molar-refractivity contribution in [3.05, 3.63) is 94.0 Å². The van der Waals surface area contributed by atoms with E-state index in [1.54, 1.807) is 12.1 Å². The number of ether oxygens (including phenoxy) is 1. The van der Waals surface area contributed by atoms with Gasteiger partial charge in [0.15, 0.2) is 0 Å². The van der Waals surface area contributed by atoms with Gasteiger partial charge in [0.25, 0.3) is 5.69 Å². The highest BCUT2D eigenvalue weighted by atomic mass is 16.6. The van der Waals surface area contributed by atoms with Crippen molar-refractivity contribution in [1.82, 2.24) is 4.90 Å². The number of benzene rings is 3. The lowest BCUT2D eigenvalue weighted by Crippen LogP contribution is -2.49. The molecule has 1 amide bonds. The molecule has 3 aromatic carbocycles. The Morgan fingerprint density at radius 1 is 0.875 bits per heavy atom. The van der Waals surface area contributed by atoms with Gasteiger partial charge in [0.1, 0.15) is 11.5 Å². The van der Waals surface area contributed by atoms with Crippen molar-refractivity contribution in [3.63, 3.8) is 0 Å². The summed E-state index contributed by atoms with van der Waals surface area (Å²) < 4.78 is 6.05. The topological polar surface area (TPSA) is 75.9 Å². The van der Waals surface area contributed by atoms with E-state index in [1.807, 2.05) is 53.4 Å². The minimum atomic E-state index is -0.396. The fourth-order valence-corrected chi connectivity index (χ4v) is 4.53. The van der Waals surface area contributed by atoms with Gasteiger partial charge in [-0.15, -0.1) is 0 Å². The van der Waals surface area contributed by atoms with E-state index in [4.69, 9.17) is 4.74 Å². The molecule has 2 heterocycles. The van der Waals surface area contributed by atoms with Gasteiger partial charge in [-0.1, -0.05) is 36.4 Å². The molecule has 0 aliphatic carbocycles. The van der Waals surface area contributed by atoms with Gasteiger partial charge in [-0.05, 0) is 24.3 Å². The summed E-state index contributed by atoms with van der Waals surface area (Å²) in [4.78, 5) is 27.8. The Labute approximate surface area is 186 Å². The van der Waals surface area contributed by atoms with Crippen LogP contribution in [0.4, 0.5) is 11.4 Å². The highest BCUT2D eigenvalue weighted by molar-refractivity contribution is 5.79. The van der Waals surface area contributed by atoms with Crippen LogP contribution < -0.4 is 9.64 Å². The second kappa shape index (κ2) is 8.34. The van der Waals surface area contributed by atoms with Gasteiger partial charge in [-0.3, -0.25) is 14.9 Å². The summed E-state index contributed by atoms with van der Waals surface area (Å²) in [5.74, 6) is 1.72. The number of nitrogens with zero attached hydrogens (tertiary/aromatic N) is 3. The first-order chi connectivity index (χ1) is 15.6. The first-order valence-corrected chi connectivity index (χ1v) is 10.7. The summed E-state index contributed by atoms with van der Waals surface area (Å²) in [5, 5.41) is 10.9. The van der Waals surface area contributed by atoms with Crippen molar-refractivity contribution < 1.29 is 14.5 Å². The van der Waals surface area contributed by atoms with Gasteiger partial charge in [0.2, 0.25) is 5.91 Å². The van der Waals surface area contributed by atoms with Gasteiger partial charge in [-0.25, -0.2) is 0 Å². The van der Waals surface area contributed by atoms with E-state index in [1.165, 1.54) is 12.1 Å². The first-order valence-electron chi connectivity index (χ1n) is 10.7. The smallest absolute Gasteiger partial charge is 0.269 e. The van der Waals surface area contributed by atoms with E-state index in [0.29, 0.717) is 32.6 Å². The molecule has 0 aromatic heterocycles. The molecule has 1 saturated heterocycles. The van der Waals surface area contributed by atoms with E-state index in [2.05, 4.69) is 4.90 Å². The Kier molecular flexibility index (Phi) is 5.23. The van der Waals surface area contributed by atoms with Crippen molar-refractivity contribution in [2.45, 2.75) is 12.3 Å². The Morgan fingerprint density at radius 2 is 1.44 bits per heavy atom. The molecular formula is C25H23N3O4. The van der Waals surface area contributed by atoms with E-state index in [-0.39, 0.29) is 17.5 Å². The number of amides is 1.